The number of nitrogens with zero attached hydrogens (tertiary/aromatic N) is 1. The van der Waals surface area contributed by atoms with Gasteiger partial charge in [-0.1, -0.05) is 17.3 Å². The molecule has 0 bridgehead atoms. The predicted molar refractivity (Wildman–Crippen MR) is 75.4 cm³/mol. The molecule has 0 saturated heterocycles. The predicted octanol–water partition coefficient (Wildman–Crippen LogP) is 2.14. The van der Waals surface area contributed by atoms with Crippen LogP contribution in [0.25, 0.3) is 0 Å². The Balaban J connectivity index is 3.02. The molecule has 6 heteroatoms. The lowest BCUT2D eigenvalue weighted by atomic mass is 9.91. The van der Waals surface area contributed by atoms with Gasteiger partial charge in [0.25, 0.3) is 0 Å². The van der Waals surface area contributed by atoms with Crippen LogP contribution in [-0.4, -0.2) is 31.2 Å². The SMILES string of the molecule is CCOC(=O)/C(=N\OC)C(Cc1ccc(F)cc1)C(C)=O. The second kappa shape index (κ2) is 8.14. The lowest BCUT2D eigenvalue weighted by molar-refractivity contribution is -0.136. The van der Waals surface area contributed by atoms with E-state index >= 15 is 0 Å². The third-order valence-electron chi connectivity index (χ3n) is 2.85. The Kier molecular flexibility index (Phi) is 6.52. The summed E-state index contributed by atoms with van der Waals surface area (Å²) < 4.78 is 17.8. The number of benzene rings is 1. The minimum atomic E-state index is -0.797. The molecule has 1 aromatic rings. The van der Waals surface area contributed by atoms with Crippen LogP contribution in [0, 0.1) is 11.7 Å². The van der Waals surface area contributed by atoms with E-state index < -0.39 is 11.9 Å². The Labute approximate surface area is 122 Å². The number of esters is 1. The Bertz CT molecular complexity index is 525. The zero-order chi connectivity index (χ0) is 15.8. The van der Waals surface area contributed by atoms with Gasteiger partial charge in [-0.05, 0) is 38.0 Å². The second-order valence-corrected chi connectivity index (χ2v) is 4.37. The van der Waals surface area contributed by atoms with Gasteiger partial charge in [0, 0.05) is 0 Å². The van der Waals surface area contributed by atoms with Crippen LogP contribution in [0.3, 0.4) is 0 Å². The summed E-state index contributed by atoms with van der Waals surface area (Å²) in [5.74, 6) is -2.10. The van der Waals surface area contributed by atoms with Crippen molar-refractivity contribution in [3.05, 3.63) is 35.6 Å². The van der Waals surface area contributed by atoms with E-state index in [9.17, 15) is 14.0 Å². The topological polar surface area (TPSA) is 65.0 Å². The third-order valence-corrected chi connectivity index (χ3v) is 2.85. The van der Waals surface area contributed by atoms with E-state index in [2.05, 4.69) is 9.99 Å². The van der Waals surface area contributed by atoms with Gasteiger partial charge in [0.15, 0.2) is 5.71 Å². The van der Waals surface area contributed by atoms with Crippen molar-refractivity contribution >= 4 is 17.5 Å². The summed E-state index contributed by atoms with van der Waals surface area (Å²) in [6.07, 6.45) is 0.219. The average molecular weight is 295 g/mol. The van der Waals surface area contributed by atoms with Crippen LogP contribution < -0.4 is 0 Å². The number of ether oxygens (including phenoxy) is 1. The summed E-state index contributed by atoms with van der Waals surface area (Å²) in [7, 11) is 1.29. The maximum atomic E-state index is 12.9. The monoisotopic (exact) mass is 295 g/mol. The highest BCUT2D eigenvalue weighted by atomic mass is 19.1. The second-order valence-electron chi connectivity index (χ2n) is 4.37. The molecule has 0 saturated carbocycles. The van der Waals surface area contributed by atoms with Gasteiger partial charge in [-0.3, -0.25) is 4.79 Å². The van der Waals surface area contributed by atoms with Crippen molar-refractivity contribution in [3.8, 4) is 0 Å². The van der Waals surface area contributed by atoms with Crippen molar-refractivity contribution < 1.29 is 23.6 Å². The molecule has 0 fully saturated rings. The number of Topliss-reactive ketones (excluding diaryl/α,β-unsaturated/α-hetero) is 1. The van der Waals surface area contributed by atoms with E-state index in [0.29, 0.717) is 5.56 Å². The molecular formula is C15H18FNO4. The number of carbonyl (C=O) groups excluding carboxylic acids is 2. The van der Waals surface area contributed by atoms with E-state index in [-0.39, 0.29) is 30.3 Å². The zero-order valence-electron chi connectivity index (χ0n) is 12.3. The normalized spacial score (nSPS) is 12.7. The molecule has 1 aromatic carbocycles. The van der Waals surface area contributed by atoms with E-state index in [1.54, 1.807) is 19.1 Å². The fourth-order valence-corrected chi connectivity index (χ4v) is 1.84. The van der Waals surface area contributed by atoms with Gasteiger partial charge in [0.2, 0.25) is 0 Å². The lowest BCUT2D eigenvalue weighted by Crippen LogP contribution is -2.32. The summed E-state index contributed by atoms with van der Waals surface area (Å²) >= 11 is 0. The fraction of sp³-hybridized carbons (Fsp3) is 0.400. The summed E-state index contributed by atoms with van der Waals surface area (Å²) in [4.78, 5) is 28.3. The molecule has 1 rings (SSSR count). The van der Waals surface area contributed by atoms with Gasteiger partial charge in [0.05, 0.1) is 12.5 Å². The molecule has 5 nitrogen and oxygen atoms in total. The van der Waals surface area contributed by atoms with Gasteiger partial charge >= 0.3 is 5.97 Å². The molecule has 114 valence electrons. The number of carbonyl (C=O) groups is 2. The standard InChI is InChI=1S/C15H18FNO4/c1-4-21-15(19)14(17-20-3)13(10(2)18)9-11-5-7-12(16)8-6-11/h5-8,13H,4,9H2,1-3H3/b17-14-. The first-order valence-corrected chi connectivity index (χ1v) is 6.52. The van der Waals surface area contributed by atoms with E-state index in [1.165, 1.54) is 26.2 Å². The van der Waals surface area contributed by atoms with Crippen LogP contribution in [0.5, 0.6) is 0 Å². The minimum absolute atomic E-state index is 0.0869. The molecule has 0 aliphatic carbocycles. The van der Waals surface area contributed by atoms with Gasteiger partial charge in [-0.25, -0.2) is 9.18 Å². The molecule has 0 amide bonds. The van der Waals surface area contributed by atoms with Crippen molar-refractivity contribution in [2.24, 2.45) is 11.1 Å². The van der Waals surface area contributed by atoms with Crippen molar-refractivity contribution in [2.75, 3.05) is 13.7 Å². The largest absolute Gasteiger partial charge is 0.461 e. The van der Waals surface area contributed by atoms with Gasteiger partial charge in [-0.15, -0.1) is 0 Å². The summed E-state index contributed by atoms with van der Waals surface area (Å²) in [5.41, 5.74) is 0.626. The van der Waals surface area contributed by atoms with Crippen LogP contribution in [0.2, 0.25) is 0 Å². The first-order valence-electron chi connectivity index (χ1n) is 6.52. The molecule has 1 unspecified atom stereocenters. The van der Waals surface area contributed by atoms with Crippen molar-refractivity contribution in [1.82, 2.24) is 0 Å². The zero-order valence-corrected chi connectivity index (χ0v) is 12.3. The summed E-state index contributed by atoms with van der Waals surface area (Å²) in [5, 5.41) is 3.63. The maximum absolute atomic E-state index is 12.9. The smallest absolute Gasteiger partial charge is 0.356 e. The van der Waals surface area contributed by atoms with Gasteiger partial charge in [0.1, 0.15) is 18.7 Å². The highest BCUT2D eigenvalue weighted by Gasteiger charge is 2.29. The van der Waals surface area contributed by atoms with Crippen molar-refractivity contribution in [2.45, 2.75) is 20.3 Å². The number of halogens is 1. The molecule has 0 aliphatic rings. The third kappa shape index (κ3) is 4.98. The number of ketones is 1. The molecule has 21 heavy (non-hydrogen) atoms. The number of rotatable bonds is 7. The molecular weight excluding hydrogens is 277 g/mol. The van der Waals surface area contributed by atoms with Gasteiger partial charge < -0.3 is 9.57 Å². The quantitative estimate of drug-likeness (QED) is 0.439. The van der Waals surface area contributed by atoms with E-state index in [4.69, 9.17) is 4.74 Å². The Morgan fingerprint density at radius 3 is 2.38 bits per heavy atom. The number of hydrogen-bond donors (Lipinski definition) is 0. The Hall–Kier alpha value is -2.24. The first-order chi connectivity index (χ1) is 9.99. The average Bonchev–Trinajstić information content (AvgIpc) is 2.44. The lowest BCUT2D eigenvalue weighted by Gasteiger charge is -2.15. The van der Waals surface area contributed by atoms with Crippen LogP contribution in [-0.2, 0) is 25.6 Å². The molecule has 0 aromatic heterocycles. The molecule has 0 N–H and O–H groups in total. The Morgan fingerprint density at radius 1 is 1.29 bits per heavy atom. The summed E-state index contributed by atoms with van der Waals surface area (Å²) in [6, 6.07) is 5.70. The maximum Gasteiger partial charge on any atom is 0.356 e. The molecule has 0 radical (unpaired) electrons. The van der Waals surface area contributed by atoms with Crippen molar-refractivity contribution in [3.63, 3.8) is 0 Å². The van der Waals surface area contributed by atoms with Gasteiger partial charge in [-0.2, -0.15) is 0 Å². The highest BCUT2D eigenvalue weighted by Crippen LogP contribution is 2.14. The van der Waals surface area contributed by atoms with E-state index in [0.717, 1.165) is 0 Å². The minimum Gasteiger partial charge on any atom is -0.461 e. The molecule has 0 aliphatic heterocycles. The number of hydrogen-bond acceptors (Lipinski definition) is 5. The first kappa shape index (κ1) is 16.8. The van der Waals surface area contributed by atoms with Crippen LogP contribution in [0.15, 0.2) is 29.4 Å². The fourth-order valence-electron chi connectivity index (χ4n) is 1.84. The summed E-state index contributed by atoms with van der Waals surface area (Å²) in [6.45, 7) is 3.19. The molecule has 0 spiro atoms. The van der Waals surface area contributed by atoms with Crippen LogP contribution in [0.1, 0.15) is 19.4 Å². The highest BCUT2D eigenvalue weighted by molar-refractivity contribution is 6.40. The molecule has 0 heterocycles. The molecule has 1 atom stereocenters. The van der Waals surface area contributed by atoms with Crippen LogP contribution >= 0.6 is 0 Å². The number of oxime groups is 1. The Morgan fingerprint density at radius 2 is 1.90 bits per heavy atom. The van der Waals surface area contributed by atoms with E-state index in [1.807, 2.05) is 0 Å². The van der Waals surface area contributed by atoms with Crippen LogP contribution in [0.4, 0.5) is 4.39 Å². The van der Waals surface area contributed by atoms with Crippen molar-refractivity contribution in [1.29, 1.82) is 0 Å².